The first-order valence-electron chi connectivity index (χ1n) is 8.01. The van der Waals surface area contributed by atoms with E-state index in [4.69, 9.17) is 11.6 Å². The van der Waals surface area contributed by atoms with E-state index in [1.807, 2.05) is 12.1 Å². The van der Waals surface area contributed by atoms with Gasteiger partial charge in [-0.15, -0.1) is 0 Å². The van der Waals surface area contributed by atoms with Gasteiger partial charge in [-0.05, 0) is 43.1 Å². The lowest BCUT2D eigenvalue weighted by molar-refractivity contribution is 0.319. The van der Waals surface area contributed by atoms with Crippen LogP contribution in [0.1, 0.15) is 36.4 Å². The fraction of sp³-hybridized carbons (Fsp3) is 0.368. The Morgan fingerprint density at radius 3 is 2.73 bits per heavy atom. The molecule has 0 aliphatic carbocycles. The molecular formula is C19H23ClN2. The largest absolute Gasteiger partial charge is 0.316 e. The summed E-state index contributed by atoms with van der Waals surface area (Å²) in [5.74, 6) is 0.457. The summed E-state index contributed by atoms with van der Waals surface area (Å²) in [5, 5.41) is 8.15. The molecule has 1 saturated heterocycles. The Balaban J connectivity index is 1.75. The predicted molar refractivity (Wildman–Crippen MR) is 93.5 cm³/mol. The van der Waals surface area contributed by atoms with Crippen LogP contribution in [0.2, 0.25) is 5.02 Å². The van der Waals surface area contributed by atoms with Crippen LogP contribution < -0.4 is 10.6 Å². The van der Waals surface area contributed by atoms with Crippen LogP contribution >= 0.6 is 11.6 Å². The fourth-order valence-corrected chi connectivity index (χ4v) is 3.50. The van der Waals surface area contributed by atoms with Gasteiger partial charge < -0.3 is 10.6 Å². The molecule has 1 heterocycles. The van der Waals surface area contributed by atoms with Gasteiger partial charge in [0.25, 0.3) is 0 Å². The molecule has 0 radical (unpaired) electrons. The molecule has 0 bridgehead atoms. The van der Waals surface area contributed by atoms with Gasteiger partial charge in [0.1, 0.15) is 0 Å². The van der Waals surface area contributed by atoms with Gasteiger partial charge in [-0.25, -0.2) is 0 Å². The normalized spacial score (nSPS) is 23.2. The van der Waals surface area contributed by atoms with Crippen molar-refractivity contribution in [3.8, 4) is 0 Å². The summed E-state index contributed by atoms with van der Waals surface area (Å²) in [7, 11) is 0. The van der Waals surface area contributed by atoms with Gasteiger partial charge >= 0.3 is 0 Å². The quantitative estimate of drug-likeness (QED) is 0.886. The Kier molecular flexibility index (Phi) is 5.14. The molecule has 2 aromatic carbocycles. The monoisotopic (exact) mass is 314 g/mol. The third kappa shape index (κ3) is 3.70. The van der Waals surface area contributed by atoms with Crippen LogP contribution in [-0.2, 0) is 0 Å². The Labute approximate surface area is 137 Å². The van der Waals surface area contributed by atoms with Gasteiger partial charge in [0.05, 0.1) is 0 Å². The first-order valence-corrected chi connectivity index (χ1v) is 8.39. The van der Waals surface area contributed by atoms with Crippen molar-refractivity contribution in [3.63, 3.8) is 0 Å². The maximum absolute atomic E-state index is 6.17. The number of benzene rings is 2. The minimum atomic E-state index is 0.353. The van der Waals surface area contributed by atoms with E-state index in [9.17, 15) is 0 Å². The van der Waals surface area contributed by atoms with E-state index in [-0.39, 0.29) is 0 Å². The third-order valence-corrected chi connectivity index (χ3v) is 4.76. The molecule has 0 spiro atoms. The standard InChI is InChI=1S/C19H23ClN2/c1-14(15-6-3-2-4-7-15)22-19-10-11-21-13-18(19)16-8-5-9-17(20)12-16/h2-9,12,14,18-19,21-22H,10-11,13H2,1H3. The maximum atomic E-state index is 6.17. The minimum Gasteiger partial charge on any atom is -0.316 e. The lowest BCUT2D eigenvalue weighted by Gasteiger charge is -2.35. The average Bonchev–Trinajstić information content (AvgIpc) is 2.56. The molecule has 2 N–H and O–H groups in total. The van der Waals surface area contributed by atoms with E-state index < -0.39 is 0 Å². The summed E-state index contributed by atoms with van der Waals surface area (Å²) in [4.78, 5) is 0. The van der Waals surface area contributed by atoms with Gasteiger partial charge in [0, 0.05) is 29.6 Å². The van der Waals surface area contributed by atoms with Crippen LogP contribution in [0, 0.1) is 0 Å². The average molecular weight is 315 g/mol. The molecule has 2 nitrogen and oxygen atoms in total. The number of piperidine rings is 1. The van der Waals surface area contributed by atoms with Crippen LogP contribution in [0.3, 0.4) is 0 Å². The number of nitrogens with one attached hydrogen (secondary N) is 2. The Bertz CT molecular complexity index is 599. The summed E-state index contributed by atoms with van der Waals surface area (Å²) < 4.78 is 0. The highest BCUT2D eigenvalue weighted by atomic mass is 35.5. The van der Waals surface area contributed by atoms with Crippen LogP contribution in [0.4, 0.5) is 0 Å². The molecular weight excluding hydrogens is 292 g/mol. The molecule has 0 amide bonds. The molecule has 1 aliphatic heterocycles. The number of hydrogen-bond donors (Lipinski definition) is 2. The second-order valence-corrected chi connectivity index (χ2v) is 6.50. The van der Waals surface area contributed by atoms with Gasteiger partial charge in [-0.3, -0.25) is 0 Å². The van der Waals surface area contributed by atoms with Gasteiger partial charge in [0.15, 0.2) is 0 Å². The zero-order valence-electron chi connectivity index (χ0n) is 12.9. The van der Waals surface area contributed by atoms with Gasteiger partial charge in [-0.1, -0.05) is 54.1 Å². The summed E-state index contributed by atoms with van der Waals surface area (Å²) in [6.45, 7) is 4.31. The molecule has 1 fully saturated rings. The molecule has 0 aromatic heterocycles. The number of halogens is 1. The zero-order chi connectivity index (χ0) is 15.4. The van der Waals surface area contributed by atoms with Crippen molar-refractivity contribution < 1.29 is 0 Å². The van der Waals surface area contributed by atoms with Gasteiger partial charge in [0.2, 0.25) is 0 Å². The van der Waals surface area contributed by atoms with Crippen molar-refractivity contribution in [3.05, 3.63) is 70.7 Å². The van der Waals surface area contributed by atoms with E-state index in [0.29, 0.717) is 18.0 Å². The van der Waals surface area contributed by atoms with Crippen molar-refractivity contribution in [2.75, 3.05) is 13.1 Å². The Hall–Kier alpha value is -1.35. The third-order valence-electron chi connectivity index (χ3n) is 4.52. The molecule has 3 heteroatoms. The van der Waals surface area contributed by atoms with Crippen LogP contribution in [0.25, 0.3) is 0 Å². The van der Waals surface area contributed by atoms with E-state index in [0.717, 1.165) is 24.5 Å². The molecule has 3 rings (SSSR count). The van der Waals surface area contributed by atoms with Crippen LogP contribution in [0.15, 0.2) is 54.6 Å². The smallest absolute Gasteiger partial charge is 0.0408 e. The Morgan fingerprint density at radius 1 is 1.14 bits per heavy atom. The first kappa shape index (κ1) is 15.5. The van der Waals surface area contributed by atoms with E-state index >= 15 is 0 Å². The van der Waals surface area contributed by atoms with Crippen LogP contribution in [-0.4, -0.2) is 19.1 Å². The highest BCUT2D eigenvalue weighted by molar-refractivity contribution is 6.30. The van der Waals surface area contributed by atoms with Crippen molar-refractivity contribution >= 4 is 11.6 Å². The van der Waals surface area contributed by atoms with Crippen molar-refractivity contribution in [2.45, 2.75) is 31.3 Å². The predicted octanol–water partition coefficient (Wildman–Crippen LogP) is 4.14. The van der Waals surface area contributed by atoms with Crippen LogP contribution in [0.5, 0.6) is 0 Å². The molecule has 0 saturated carbocycles. The summed E-state index contributed by atoms with van der Waals surface area (Å²) in [6.07, 6.45) is 1.13. The fourth-order valence-electron chi connectivity index (χ4n) is 3.30. The molecule has 1 aliphatic rings. The van der Waals surface area contributed by atoms with Crippen molar-refractivity contribution in [1.29, 1.82) is 0 Å². The summed E-state index contributed by atoms with van der Waals surface area (Å²) in [6, 6.07) is 19.7. The summed E-state index contributed by atoms with van der Waals surface area (Å²) in [5.41, 5.74) is 2.66. The van der Waals surface area contributed by atoms with E-state index in [2.05, 4.69) is 60.0 Å². The maximum Gasteiger partial charge on any atom is 0.0408 e. The lowest BCUT2D eigenvalue weighted by Crippen LogP contribution is -2.46. The zero-order valence-corrected chi connectivity index (χ0v) is 13.7. The second kappa shape index (κ2) is 7.28. The highest BCUT2D eigenvalue weighted by Gasteiger charge is 2.27. The lowest BCUT2D eigenvalue weighted by atomic mass is 9.86. The van der Waals surface area contributed by atoms with Gasteiger partial charge in [-0.2, -0.15) is 0 Å². The number of hydrogen-bond acceptors (Lipinski definition) is 2. The SMILES string of the molecule is CC(NC1CCNCC1c1cccc(Cl)c1)c1ccccc1. The van der Waals surface area contributed by atoms with Crippen molar-refractivity contribution in [2.24, 2.45) is 0 Å². The van der Waals surface area contributed by atoms with Crippen molar-refractivity contribution in [1.82, 2.24) is 10.6 Å². The first-order chi connectivity index (χ1) is 10.7. The molecule has 116 valence electrons. The van der Waals surface area contributed by atoms with E-state index in [1.165, 1.54) is 11.1 Å². The molecule has 2 aromatic rings. The highest BCUT2D eigenvalue weighted by Crippen LogP contribution is 2.28. The Morgan fingerprint density at radius 2 is 1.95 bits per heavy atom. The summed E-state index contributed by atoms with van der Waals surface area (Å²) >= 11 is 6.17. The second-order valence-electron chi connectivity index (χ2n) is 6.06. The number of rotatable bonds is 4. The molecule has 3 atom stereocenters. The molecule has 3 unspecified atom stereocenters. The minimum absolute atomic E-state index is 0.353. The molecule has 22 heavy (non-hydrogen) atoms. The topological polar surface area (TPSA) is 24.1 Å². The van der Waals surface area contributed by atoms with E-state index in [1.54, 1.807) is 0 Å².